The molecule has 0 aliphatic carbocycles. The third-order valence-electron chi connectivity index (χ3n) is 4.58. The lowest BCUT2D eigenvalue weighted by Crippen LogP contribution is -2.22. The molecule has 0 aliphatic heterocycles. The van der Waals surface area contributed by atoms with Gasteiger partial charge in [-0.3, -0.25) is 9.59 Å². The van der Waals surface area contributed by atoms with E-state index in [2.05, 4.69) is 10.6 Å². The number of amides is 2. The Bertz CT molecular complexity index is 1150. The molecule has 0 aliphatic rings. The predicted octanol–water partition coefficient (Wildman–Crippen LogP) is 5.72. The van der Waals surface area contributed by atoms with Gasteiger partial charge in [-0.15, -0.1) is 11.8 Å². The molecule has 0 saturated carbocycles. The van der Waals surface area contributed by atoms with Gasteiger partial charge in [0.1, 0.15) is 0 Å². The van der Waals surface area contributed by atoms with Gasteiger partial charge < -0.3 is 15.7 Å². The van der Waals surface area contributed by atoms with Crippen molar-refractivity contribution in [3.8, 4) is 0 Å². The van der Waals surface area contributed by atoms with Crippen LogP contribution in [0.4, 0.5) is 11.4 Å². The summed E-state index contributed by atoms with van der Waals surface area (Å²) in [7, 11) is 0. The number of thioether (sulfide) groups is 1. The lowest BCUT2D eigenvalue weighted by Gasteiger charge is -2.14. The Labute approximate surface area is 195 Å². The van der Waals surface area contributed by atoms with Gasteiger partial charge in [-0.25, -0.2) is 4.79 Å². The molecule has 0 spiro atoms. The summed E-state index contributed by atoms with van der Waals surface area (Å²) in [5.41, 5.74) is 2.59. The van der Waals surface area contributed by atoms with Crippen LogP contribution < -0.4 is 10.6 Å². The normalized spacial score (nSPS) is 11.5. The van der Waals surface area contributed by atoms with Crippen molar-refractivity contribution < 1.29 is 19.5 Å². The summed E-state index contributed by atoms with van der Waals surface area (Å²) in [4.78, 5) is 36.8. The number of halogens is 1. The van der Waals surface area contributed by atoms with Crippen LogP contribution in [0.15, 0.2) is 71.6 Å². The van der Waals surface area contributed by atoms with Crippen molar-refractivity contribution in [2.75, 3.05) is 10.6 Å². The van der Waals surface area contributed by atoms with Crippen LogP contribution in [0.3, 0.4) is 0 Å². The van der Waals surface area contributed by atoms with Crippen molar-refractivity contribution in [3.63, 3.8) is 0 Å². The van der Waals surface area contributed by atoms with Gasteiger partial charge in [-0.1, -0.05) is 29.3 Å². The number of rotatable bonds is 7. The van der Waals surface area contributed by atoms with Crippen LogP contribution in [0.5, 0.6) is 0 Å². The van der Waals surface area contributed by atoms with E-state index in [1.165, 1.54) is 30.0 Å². The maximum atomic E-state index is 12.5. The first kappa shape index (κ1) is 23.4. The van der Waals surface area contributed by atoms with E-state index < -0.39 is 11.2 Å². The fraction of sp³-hybridized carbons (Fsp3) is 0.125. The summed E-state index contributed by atoms with van der Waals surface area (Å²) in [5, 5.41) is 14.4. The Hall–Kier alpha value is -3.29. The molecule has 1 unspecified atom stereocenters. The number of hydrogen-bond donors (Lipinski definition) is 3. The second-order valence-corrected chi connectivity index (χ2v) is 8.92. The van der Waals surface area contributed by atoms with E-state index in [0.717, 1.165) is 10.5 Å². The highest BCUT2D eigenvalue weighted by Crippen LogP contribution is 2.28. The molecule has 0 fully saturated rings. The number of benzene rings is 3. The van der Waals surface area contributed by atoms with E-state index in [4.69, 9.17) is 16.7 Å². The molecule has 2 amide bonds. The third kappa shape index (κ3) is 6.12. The zero-order valence-electron chi connectivity index (χ0n) is 17.4. The topological polar surface area (TPSA) is 95.5 Å². The molecule has 3 aromatic rings. The van der Waals surface area contributed by atoms with Crippen molar-refractivity contribution in [2.24, 2.45) is 0 Å². The molecule has 0 radical (unpaired) electrons. The van der Waals surface area contributed by atoms with Crippen LogP contribution in [0.25, 0.3) is 0 Å². The molecule has 0 heterocycles. The van der Waals surface area contributed by atoms with Gasteiger partial charge in [0.25, 0.3) is 5.91 Å². The van der Waals surface area contributed by atoms with E-state index in [9.17, 15) is 14.4 Å². The van der Waals surface area contributed by atoms with Crippen LogP contribution >= 0.6 is 23.4 Å². The summed E-state index contributed by atoms with van der Waals surface area (Å²) in [5.74, 6) is -1.61. The number of carboxylic acids is 1. The first-order valence-corrected chi connectivity index (χ1v) is 11.0. The van der Waals surface area contributed by atoms with Gasteiger partial charge in [0.15, 0.2) is 0 Å². The standard InChI is InChI=1S/C24H21ClN2O4S/c1-14-3-5-16(6-4-14)23(29)26-18-8-10-19(11-9-18)32-15(2)22(28)27-21-13-17(24(30)31)7-12-20(21)25/h3-13,15H,1-2H3,(H,26,29)(H,27,28)(H,30,31). The van der Waals surface area contributed by atoms with E-state index in [0.29, 0.717) is 11.3 Å². The largest absolute Gasteiger partial charge is 0.478 e. The zero-order valence-corrected chi connectivity index (χ0v) is 19.0. The van der Waals surface area contributed by atoms with Crippen LogP contribution in [0, 0.1) is 6.92 Å². The second-order valence-electron chi connectivity index (χ2n) is 7.09. The van der Waals surface area contributed by atoms with E-state index >= 15 is 0 Å². The van der Waals surface area contributed by atoms with Gasteiger partial charge in [-0.05, 0) is 68.4 Å². The Morgan fingerprint density at radius 3 is 2.16 bits per heavy atom. The lowest BCUT2D eigenvalue weighted by atomic mass is 10.1. The summed E-state index contributed by atoms with van der Waals surface area (Å²) < 4.78 is 0. The number of nitrogens with one attached hydrogen (secondary N) is 2. The van der Waals surface area contributed by atoms with Crippen LogP contribution in [0.1, 0.15) is 33.2 Å². The van der Waals surface area contributed by atoms with E-state index in [1.54, 1.807) is 31.2 Å². The summed E-state index contributed by atoms with van der Waals surface area (Å²) >= 11 is 7.40. The molecular formula is C24H21ClN2O4S. The minimum Gasteiger partial charge on any atom is -0.478 e. The summed E-state index contributed by atoms with van der Waals surface area (Å²) in [6.07, 6.45) is 0. The highest BCUT2D eigenvalue weighted by atomic mass is 35.5. The molecule has 32 heavy (non-hydrogen) atoms. The predicted molar refractivity (Wildman–Crippen MR) is 128 cm³/mol. The molecule has 3 N–H and O–H groups in total. The number of carboxylic acid groups (broad SMARTS) is 1. The number of carbonyl (C=O) groups excluding carboxylic acids is 2. The van der Waals surface area contributed by atoms with E-state index in [-0.39, 0.29) is 28.1 Å². The zero-order chi connectivity index (χ0) is 23.3. The second kappa shape index (κ2) is 10.3. The molecule has 164 valence electrons. The van der Waals surface area contributed by atoms with Gasteiger partial charge in [-0.2, -0.15) is 0 Å². The highest BCUT2D eigenvalue weighted by molar-refractivity contribution is 8.00. The van der Waals surface area contributed by atoms with Gasteiger partial charge in [0, 0.05) is 16.1 Å². The smallest absolute Gasteiger partial charge is 0.335 e. The Morgan fingerprint density at radius 2 is 1.53 bits per heavy atom. The van der Waals surface area contributed by atoms with Crippen molar-refractivity contribution in [1.29, 1.82) is 0 Å². The Balaban J connectivity index is 1.59. The van der Waals surface area contributed by atoms with Crippen molar-refractivity contribution in [3.05, 3.63) is 88.4 Å². The van der Waals surface area contributed by atoms with Gasteiger partial charge in [0.2, 0.25) is 5.91 Å². The molecule has 1 atom stereocenters. The number of aryl methyl sites for hydroxylation is 1. The molecule has 0 saturated heterocycles. The minimum absolute atomic E-state index is 0.0354. The number of hydrogen-bond acceptors (Lipinski definition) is 4. The van der Waals surface area contributed by atoms with Crippen LogP contribution in [-0.2, 0) is 4.79 Å². The van der Waals surface area contributed by atoms with Crippen molar-refractivity contribution in [1.82, 2.24) is 0 Å². The van der Waals surface area contributed by atoms with Gasteiger partial charge in [0.05, 0.1) is 21.5 Å². The monoisotopic (exact) mass is 468 g/mol. The highest BCUT2D eigenvalue weighted by Gasteiger charge is 2.17. The van der Waals surface area contributed by atoms with Gasteiger partial charge >= 0.3 is 5.97 Å². The minimum atomic E-state index is -1.10. The molecular weight excluding hydrogens is 448 g/mol. The molecule has 3 aromatic carbocycles. The van der Waals surface area contributed by atoms with Crippen molar-refractivity contribution >= 4 is 52.5 Å². The quantitative estimate of drug-likeness (QED) is 0.385. The molecule has 3 rings (SSSR count). The van der Waals surface area contributed by atoms with Crippen LogP contribution in [0.2, 0.25) is 5.02 Å². The van der Waals surface area contributed by atoms with Crippen LogP contribution in [-0.4, -0.2) is 28.1 Å². The molecule has 6 nitrogen and oxygen atoms in total. The lowest BCUT2D eigenvalue weighted by molar-refractivity contribution is -0.115. The average molecular weight is 469 g/mol. The number of aromatic carboxylic acids is 1. The fourth-order valence-electron chi connectivity index (χ4n) is 2.77. The van der Waals surface area contributed by atoms with Crippen molar-refractivity contribution in [2.45, 2.75) is 24.0 Å². The number of anilines is 2. The molecule has 0 bridgehead atoms. The number of carbonyl (C=O) groups is 3. The Kier molecular flexibility index (Phi) is 7.56. The fourth-order valence-corrected chi connectivity index (χ4v) is 3.80. The van der Waals surface area contributed by atoms with E-state index in [1.807, 2.05) is 31.2 Å². The summed E-state index contributed by atoms with van der Waals surface area (Å²) in [6.45, 7) is 3.70. The SMILES string of the molecule is Cc1ccc(C(=O)Nc2ccc(SC(C)C(=O)Nc3cc(C(=O)O)ccc3Cl)cc2)cc1. The third-order valence-corrected chi connectivity index (χ3v) is 6.02. The first-order chi connectivity index (χ1) is 15.2. The first-order valence-electron chi connectivity index (χ1n) is 9.71. The maximum absolute atomic E-state index is 12.5. The average Bonchev–Trinajstić information content (AvgIpc) is 2.76. The molecule has 0 aromatic heterocycles. The summed E-state index contributed by atoms with van der Waals surface area (Å²) in [6, 6.07) is 18.6. The maximum Gasteiger partial charge on any atom is 0.335 e. The molecule has 8 heteroatoms. The Morgan fingerprint density at radius 1 is 0.906 bits per heavy atom.